The predicted octanol–water partition coefficient (Wildman–Crippen LogP) is 4.28. The van der Waals surface area contributed by atoms with Crippen LogP contribution < -0.4 is 9.47 Å². The standard InChI is InChI=1S/C19H26O3/c1-12-4-6-13(7-5-12)8-15-9-14-10-17(21-2)18(22-3)11-16(14)19(15)20/h10-13,15H,4-9H2,1-3H3. The van der Waals surface area contributed by atoms with Crippen LogP contribution in [0.5, 0.6) is 11.5 Å². The maximum atomic E-state index is 12.7. The van der Waals surface area contributed by atoms with Crippen molar-refractivity contribution < 1.29 is 14.3 Å². The summed E-state index contributed by atoms with van der Waals surface area (Å²) in [7, 11) is 3.26. The number of fused-ring (bicyclic) bond motifs is 1. The van der Waals surface area contributed by atoms with Crippen molar-refractivity contribution in [3.8, 4) is 11.5 Å². The van der Waals surface area contributed by atoms with Crippen molar-refractivity contribution >= 4 is 5.78 Å². The van der Waals surface area contributed by atoms with Crippen LogP contribution >= 0.6 is 0 Å². The lowest BCUT2D eigenvalue weighted by Crippen LogP contribution is -2.19. The normalized spacial score (nSPS) is 27.6. The fraction of sp³-hybridized carbons (Fsp3) is 0.632. The van der Waals surface area contributed by atoms with Gasteiger partial charge in [-0.15, -0.1) is 0 Å². The van der Waals surface area contributed by atoms with Crippen molar-refractivity contribution in [1.29, 1.82) is 0 Å². The Kier molecular flexibility index (Phi) is 4.42. The number of ether oxygens (including phenoxy) is 2. The van der Waals surface area contributed by atoms with Gasteiger partial charge in [0.15, 0.2) is 17.3 Å². The number of benzene rings is 1. The second-order valence-corrected chi connectivity index (χ2v) is 6.99. The number of methoxy groups -OCH3 is 2. The molecular formula is C19H26O3. The zero-order valence-electron chi connectivity index (χ0n) is 13.9. The first kappa shape index (κ1) is 15.4. The van der Waals surface area contributed by atoms with Crippen LogP contribution in [0.2, 0.25) is 0 Å². The Balaban J connectivity index is 1.73. The summed E-state index contributed by atoms with van der Waals surface area (Å²) in [6, 6.07) is 3.84. The lowest BCUT2D eigenvalue weighted by molar-refractivity contribution is 0.0908. The minimum atomic E-state index is 0.158. The Bertz CT molecular complexity index is 556. The fourth-order valence-electron chi connectivity index (χ4n) is 4.05. The third-order valence-electron chi connectivity index (χ3n) is 5.47. The first-order chi connectivity index (χ1) is 10.6. The molecule has 3 nitrogen and oxygen atoms in total. The summed E-state index contributed by atoms with van der Waals surface area (Å²) in [4.78, 5) is 12.7. The first-order valence-corrected chi connectivity index (χ1v) is 8.41. The molecule has 0 bridgehead atoms. The van der Waals surface area contributed by atoms with Crippen molar-refractivity contribution in [3.05, 3.63) is 23.3 Å². The molecule has 22 heavy (non-hydrogen) atoms. The lowest BCUT2D eigenvalue weighted by Gasteiger charge is -2.27. The molecule has 0 aliphatic heterocycles. The van der Waals surface area contributed by atoms with Gasteiger partial charge in [0.1, 0.15) is 0 Å². The van der Waals surface area contributed by atoms with Crippen LogP contribution in [0, 0.1) is 17.8 Å². The van der Waals surface area contributed by atoms with Gasteiger partial charge >= 0.3 is 0 Å². The number of Topliss-reactive ketones (excluding diaryl/α,β-unsaturated/α-hetero) is 1. The molecule has 120 valence electrons. The summed E-state index contributed by atoms with van der Waals surface area (Å²) in [5.41, 5.74) is 1.96. The second-order valence-electron chi connectivity index (χ2n) is 6.99. The van der Waals surface area contributed by atoms with Crippen molar-refractivity contribution in [2.45, 2.75) is 45.4 Å². The Morgan fingerprint density at radius 3 is 2.32 bits per heavy atom. The lowest BCUT2D eigenvalue weighted by atomic mass is 9.78. The van der Waals surface area contributed by atoms with Gasteiger partial charge < -0.3 is 9.47 Å². The summed E-state index contributed by atoms with van der Waals surface area (Å²) in [6.45, 7) is 2.34. The molecule has 0 aromatic heterocycles. The first-order valence-electron chi connectivity index (χ1n) is 8.41. The van der Waals surface area contributed by atoms with Gasteiger partial charge in [-0.2, -0.15) is 0 Å². The molecule has 0 heterocycles. The Hall–Kier alpha value is -1.51. The van der Waals surface area contributed by atoms with Crippen molar-refractivity contribution in [2.75, 3.05) is 14.2 Å². The molecule has 0 radical (unpaired) electrons. The number of hydrogen-bond acceptors (Lipinski definition) is 3. The van der Waals surface area contributed by atoms with Gasteiger partial charge in [0.2, 0.25) is 0 Å². The molecule has 0 N–H and O–H groups in total. The third-order valence-corrected chi connectivity index (χ3v) is 5.47. The molecule has 1 aromatic rings. The number of carbonyl (C=O) groups excluding carboxylic acids is 1. The zero-order chi connectivity index (χ0) is 15.7. The van der Waals surface area contributed by atoms with E-state index in [4.69, 9.17) is 9.47 Å². The van der Waals surface area contributed by atoms with Crippen LogP contribution in [0.15, 0.2) is 12.1 Å². The topological polar surface area (TPSA) is 35.5 Å². The van der Waals surface area contributed by atoms with Crippen LogP contribution in [-0.2, 0) is 6.42 Å². The smallest absolute Gasteiger partial charge is 0.166 e. The van der Waals surface area contributed by atoms with Crippen molar-refractivity contribution in [2.24, 2.45) is 17.8 Å². The van der Waals surface area contributed by atoms with E-state index in [1.165, 1.54) is 25.7 Å². The maximum absolute atomic E-state index is 12.7. The number of hydrogen-bond donors (Lipinski definition) is 0. The van der Waals surface area contributed by atoms with Crippen molar-refractivity contribution in [3.63, 3.8) is 0 Å². The Morgan fingerprint density at radius 1 is 1.05 bits per heavy atom. The van der Waals surface area contributed by atoms with Gasteiger partial charge in [-0.25, -0.2) is 0 Å². The summed E-state index contributed by atoms with van der Waals surface area (Å²) in [5, 5.41) is 0. The largest absolute Gasteiger partial charge is 0.493 e. The maximum Gasteiger partial charge on any atom is 0.166 e. The van der Waals surface area contributed by atoms with Crippen LogP contribution in [0.1, 0.15) is 54.9 Å². The molecule has 1 fully saturated rings. The minimum absolute atomic E-state index is 0.158. The molecule has 3 heteroatoms. The predicted molar refractivity (Wildman–Crippen MR) is 86.8 cm³/mol. The summed E-state index contributed by atoms with van der Waals surface area (Å²) < 4.78 is 10.7. The van der Waals surface area contributed by atoms with Crippen LogP contribution in [0.3, 0.4) is 0 Å². The number of carbonyl (C=O) groups is 1. The van der Waals surface area contributed by atoms with Crippen LogP contribution in [0.4, 0.5) is 0 Å². The van der Waals surface area contributed by atoms with Crippen LogP contribution in [0.25, 0.3) is 0 Å². The summed E-state index contributed by atoms with van der Waals surface area (Å²) in [6.07, 6.45) is 7.12. The van der Waals surface area contributed by atoms with E-state index in [1.54, 1.807) is 14.2 Å². The molecule has 0 saturated heterocycles. The molecule has 1 atom stereocenters. The number of rotatable bonds is 4. The van der Waals surface area contributed by atoms with Crippen molar-refractivity contribution in [1.82, 2.24) is 0 Å². The fourth-order valence-corrected chi connectivity index (χ4v) is 4.05. The molecule has 1 saturated carbocycles. The second kappa shape index (κ2) is 6.31. The van der Waals surface area contributed by atoms with E-state index >= 15 is 0 Å². The monoisotopic (exact) mass is 302 g/mol. The van der Waals surface area contributed by atoms with E-state index in [0.717, 1.165) is 41.6 Å². The van der Waals surface area contributed by atoms with Crippen LogP contribution in [-0.4, -0.2) is 20.0 Å². The molecule has 0 amide bonds. The third kappa shape index (κ3) is 2.86. The average molecular weight is 302 g/mol. The SMILES string of the molecule is COc1cc2c(cc1OC)C(=O)C(CC1CCC(C)CC1)C2. The quantitative estimate of drug-likeness (QED) is 0.833. The van der Waals surface area contributed by atoms with Gasteiger partial charge in [0.25, 0.3) is 0 Å². The molecular weight excluding hydrogens is 276 g/mol. The van der Waals surface area contributed by atoms with E-state index in [1.807, 2.05) is 12.1 Å². The highest BCUT2D eigenvalue weighted by molar-refractivity contribution is 6.02. The zero-order valence-corrected chi connectivity index (χ0v) is 13.9. The van der Waals surface area contributed by atoms with E-state index in [9.17, 15) is 4.79 Å². The van der Waals surface area contributed by atoms with Gasteiger partial charge in [-0.1, -0.05) is 32.6 Å². The summed E-state index contributed by atoms with van der Waals surface area (Å²) in [5.74, 6) is 3.42. The van der Waals surface area contributed by atoms with Gasteiger partial charge in [-0.3, -0.25) is 4.79 Å². The van der Waals surface area contributed by atoms with E-state index in [0.29, 0.717) is 11.5 Å². The molecule has 2 aliphatic rings. The number of ketones is 1. The molecule has 0 spiro atoms. The van der Waals surface area contributed by atoms with E-state index < -0.39 is 0 Å². The molecule has 3 rings (SSSR count). The highest BCUT2D eigenvalue weighted by Crippen LogP contribution is 2.40. The average Bonchev–Trinajstić information content (AvgIpc) is 2.83. The molecule has 2 aliphatic carbocycles. The van der Waals surface area contributed by atoms with Gasteiger partial charge in [0.05, 0.1) is 14.2 Å². The highest BCUT2D eigenvalue weighted by Gasteiger charge is 2.34. The van der Waals surface area contributed by atoms with E-state index in [-0.39, 0.29) is 5.92 Å². The van der Waals surface area contributed by atoms with Gasteiger partial charge in [0, 0.05) is 11.5 Å². The summed E-state index contributed by atoms with van der Waals surface area (Å²) >= 11 is 0. The molecule has 1 aromatic carbocycles. The highest BCUT2D eigenvalue weighted by atomic mass is 16.5. The van der Waals surface area contributed by atoms with E-state index in [2.05, 4.69) is 6.92 Å². The molecule has 1 unspecified atom stereocenters. The Labute approximate surface area is 133 Å². The minimum Gasteiger partial charge on any atom is -0.493 e. The Morgan fingerprint density at radius 2 is 1.68 bits per heavy atom. The van der Waals surface area contributed by atoms with Gasteiger partial charge in [-0.05, 0) is 42.4 Å².